The second-order valence-corrected chi connectivity index (χ2v) is 6.04. The first-order valence-electron chi connectivity index (χ1n) is 6.90. The molecule has 0 saturated carbocycles. The van der Waals surface area contributed by atoms with Gasteiger partial charge in [-0.3, -0.25) is 11.3 Å². The Balaban J connectivity index is 2.14. The van der Waals surface area contributed by atoms with Crippen LogP contribution >= 0.6 is 11.6 Å². The van der Waals surface area contributed by atoms with Gasteiger partial charge in [-0.2, -0.15) is 0 Å². The average Bonchev–Trinajstić information content (AvgIpc) is 2.38. The third-order valence-electron chi connectivity index (χ3n) is 4.07. The molecule has 1 heterocycles. The molecule has 4 heteroatoms. The van der Waals surface area contributed by atoms with E-state index in [2.05, 4.69) is 24.5 Å². The average molecular weight is 283 g/mol. The lowest BCUT2D eigenvalue weighted by Gasteiger charge is -2.40. The molecule has 2 rings (SSSR count). The van der Waals surface area contributed by atoms with Gasteiger partial charge in [-0.1, -0.05) is 23.7 Å². The third kappa shape index (κ3) is 3.48. The lowest BCUT2D eigenvalue weighted by atomic mass is 9.85. The van der Waals surface area contributed by atoms with E-state index in [0.29, 0.717) is 0 Å². The lowest BCUT2D eigenvalue weighted by Crippen LogP contribution is -2.55. The minimum absolute atomic E-state index is 0.0769. The molecule has 0 aromatic heterocycles. The largest absolute Gasteiger partial charge is 0.374 e. The van der Waals surface area contributed by atoms with Crippen LogP contribution < -0.4 is 11.3 Å². The zero-order valence-electron chi connectivity index (χ0n) is 11.7. The summed E-state index contributed by atoms with van der Waals surface area (Å²) in [6.07, 6.45) is 4.14. The van der Waals surface area contributed by atoms with Gasteiger partial charge in [0, 0.05) is 11.6 Å². The molecule has 19 heavy (non-hydrogen) atoms. The number of ether oxygens (including phenoxy) is 1. The number of rotatable bonds is 4. The Bertz CT molecular complexity index is 430. The number of hydrogen-bond donors (Lipinski definition) is 2. The van der Waals surface area contributed by atoms with Crippen molar-refractivity contribution in [1.82, 2.24) is 5.43 Å². The van der Waals surface area contributed by atoms with Gasteiger partial charge in [-0.05, 0) is 56.7 Å². The van der Waals surface area contributed by atoms with E-state index in [-0.39, 0.29) is 11.6 Å². The van der Waals surface area contributed by atoms with Gasteiger partial charge in [0.25, 0.3) is 0 Å². The van der Waals surface area contributed by atoms with Gasteiger partial charge < -0.3 is 4.74 Å². The van der Waals surface area contributed by atoms with Crippen LogP contribution in [0.1, 0.15) is 37.3 Å². The summed E-state index contributed by atoms with van der Waals surface area (Å²) in [5.41, 5.74) is 5.00. The van der Waals surface area contributed by atoms with Crippen molar-refractivity contribution < 1.29 is 4.74 Å². The van der Waals surface area contributed by atoms with Crippen LogP contribution in [0.3, 0.4) is 0 Å². The highest BCUT2D eigenvalue weighted by atomic mass is 35.5. The number of benzene rings is 1. The maximum absolute atomic E-state index is 6.31. The minimum Gasteiger partial charge on any atom is -0.374 e. The molecule has 0 aliphatic carbocycles. The van der Waals surface area contributed by atoms with E-state index in [4.69, 9.17) is 22.2 Å². The quantitative estimate of drug-likeness (QED) is 0.659. The standard InChI is InChI=1S/C15H23ClN2O/c1-11-5-6-12(13(16)9-11)10-14(18-17)15(2)7-3-4-8-19-15/h5-6,9,14,18H,3-4,7-8,10,17H2,1-2H3. The smallest absolute Gasteiger partial charge is 0.0823 e. The molecule has 0 bridgehead atoms. The number of nitrogens with one attached hydrogen (secondary N) is 1. The topological polar surface area (TPSA) is 47.3 Å². The molecule has 0 radical (unpaired) electrons. The van der Waals surface area contributed by atoms with Gasteiger partial charge in [-0.15, -0.1) is 0 Å². The number of halogens is 1. The maximum atomic E-state index is 6.31. The number of hydrazine groups is 1. The van der Waals surface area contributed by atoms with Gasteiger partial charge in [0.2, 0.25) is 0 Å². The van der Waals surface area contributed by atoms with Gasteiger partial charge in [0.15, 0.2) is 0 Å². The summed E-state index contributed by atoms with van der Waals surface area (Å²) in [6.45, 7) is 5.00. The van der Waals surface area contributed by atoms with Crippen molar-refractivity contribution in [3.63, 3.8) is 0 Å². The first-order chi connectivity index (χ1) is 9.05. The fourth-order valence-electron chi connectivity index (χ4n) is 2.72. The van der Waals surface area contributed by atoms with Crippen LogP contribution in [0.5, 0.6) is 0 Å². The van der Waals surface area contributed by atoms with E-state index < -0.39 is 0 Å². The van der Waals surface area contributed by atoms with Crippen LogP contribution in [0.4, 0.5) is 0 Å². The third-order valence-corrected chi connectivity index (χ3v) is 4.42. The summed E-state index contributed by atoms with van der Waals surface area (Å²) in [4.78, 5) is 0. The highest BCUT2D eigenvalue weighted by molar-refractivity contribution is 6.31. The fourth-order valence-corrected chi connectivity index (χ4v) is 3.03. The zero-order valence-corrected chi connectivity index (χ0v) is 12.5. The van der Waals surface area contributed by atoms with Crippen LogP contribution in [-0.2, 0) is 11.2 Å². The predicted molar refractivity (Wildman–Crippen MR) is 79.2 cm³/mol. The van der Waals surface area contributed by atoms with Crippen LogP contribution in [0.2, 0.25) is 5.02 Å². The number of nitrogens with two attached hydrogens (primary N) is 1. The molecule has 1 aliphatic rings. The van der Waals surface area contributed by atoms with Crippen molar-refractivity contribution in [2.75, 3.05) is 6.61 Å². The molecule has 1 fully saturated rings. The number of aryl methyl sites for hydroxylation is 1. The summed E-state index contributed by atoms with van der Waals surface area (Å²) in [5.74, 6) is 5.74. The first kappa shape index (κ1) is 14.8. The fraction of sp³-hybridized carbons (Fsp3) is 0.600. The molecule has 2 atom stereocenters. The summed E-state index contributed by atoms with van der Waals surface area (Å²) < 4.78 is 5.97. The Morgan fingerprint density at radius 3 is 2.84 bits per heavy atom. The van der Waals surface area contributed by atoms with Gasteiger partial charge >= 0.3 is 0 Å². The summed E-state index contributed by atoms with van der Waals surface area (Å²) in [6, 6.07) is 6.23. The Morgan fingerprint density at radius 1 is 1.47 bits per heavy atom. The molecule has 1 aliphatic heterocycles. The molecule has 1 saturated heterocycles. The Hall–Kier alpha value is -0.610. The molecule has 0 spiro atoms. The summed E-state index contributed by atoms with van der Waals surface area (Å²) in [5, 5.41) is 0.805. The maximum Gasteiger partial charge on any atom is 0.0823 e. The zero-order chi connectivity index (χ0) is 13.9. The molecule has 1 aromatic rings. The molecule has 0 amide bonds. The van der Waals surface area contributed by atoms with Crippen molar-refractivity contribution in [3.05, 3.63) is 34.3 Å². The number of hydrogen-bond acceptors (Lipinski definition) is 3. The van der Waals surface area contributed by atoms with Crippen LogP contribution in [0.15, 0.2) is 18.2 Å². The van der Waals surface area contributed by atoms with Gasteiger partial charge in [0.05, 0.1) is 11.6 Å². The van der Waals surface area contributed by atoms with Crippen LogP contribution in [0, 0.1) is 6.92 Å². The van der Waals surface area contributed by atoms with Crippen molar-refractivity contribution in [2.45, 2.75) is 51.2 Å². The predicted octanol–water partition coefficient (Wildman–Crippen LogP) is 2.98. The highest BCUT2D eigenvalue weighted by Crippen LogP contribution is 2.30. The normalized spacial score (nSPS) is 25.3. The monoisotopic (exact) mass is 282 g/mol. The van der Waals surface area contributed by atoms with E-state index in [1.54, 1.807) is 0 Å². The van der Waals surface area contributed by atoms with Gasteiger partial charge in [0.1, 0.15) is 0 Å². The SMILES string of the molecule is Cc1ccc(CC(NN)C2(C)CCCCO2)c(Cl)c1. The van der Waals surface area contributed by atoms with E-state index in [9.17, 15) is 0 Å². The summed E-state index contributed by atoms with van der Waals surface area (Å²) >= 11 is 6.31. The molecule has 3 N–H and O–H groups in total. The van der Waals surface area contributed by atoms with E-state index in [0.717, 1.165) is 36.5 Å². The van der Waals surface area contributed by atoms with Crippen molar-refractivity contribution in [3.8, 4) is 0 Å². The van der Waals surface area contributed by atoms with Crippen LogP contribution in [-0.4, -0.2) is 18.2 Å². The first-order valence-corrected chi connectivity index (χ1v) is 7.28. The van der Waals surface area contributed by atoms with Gasteiger partial charge in [-0.25, -0.2) is 0 Å². The lowest BCUT2D eigenvalue weighted by molar-refractivity contribution is -0.0884. The Morgan fingerprint density at radius 2 is 2.26 bits per heavy atom. The van der Waals surface area contributed by atoms with Crippen molar-refractivity contribution >= 4 is 11.6 Å². The van der Waals surface area contributed by atoms with Crippen molar-refractivity contribution in [1.29, 1.82) is 0 Å². The Labute approximate surface area is 120 Å². The molecule has 3 nitrogen and oxygen atoms in total. The highest BCUT2D eigenvalue weighted by Gasteiger charge is 2.36. The molecule has 1 aromatic carbocycles. The second kappa shape index (κ2) is 6.23. The van der Waals surface area contributed by atoms with E-state index in [1.807, 2.05) is 13.0 Å². The van der Waals surface area contributed by atoms with E-state index >= 15 is 0 Å². The molecular weight excluding hydrogens is 260 g/mol. The molecular formula is C15H23ClN2O. The Kier molecular flexibility index (Phi) is 4.85. The molecule has 106 valence electrons. The summed E-state index contributed by atoms with van der Waals surface area (Å²) in [7, 11) is 0. The molecule has 2 unspecified atom stereocenters. The second-order valence-electron chi connectivity index (χ2n) is 5.64. The van der Waals surface area contributed by atoms with Crippen molar-refractivity contribution in [2.24, 2.45) is 5.84 Å². The minimum atomic E-state index is -0.207. The van der Waals surface area contributed by atoms with Crippen LogP contribution in [0.25, 0.3) is 0 Å². The van der Waals surface area contributed by atoms with E-state index in [1.165, 1.54) is 12.0 Å².